The van der Waals surface area contributed by atoms with E-state index in [1.807, 2.05) is 25.1 Å². The van der Waals surface area contributed by atoms with E-state index < -0.39 is 23.2 Å². The Morgan fingerprint density at radius 2 is 2.12 bits per heavy atom. The van der Waals surface area contributed by atoms with Crippen LogP contribution in [0.2, 0.25) is 5.02 Å². The number of aryl methyl sites for hydroxylation is 1. The molecule has 2 amide bonds. The Labute approximate surface area is 155 Å². The van der Waals surface area contributed by atoms with Crippen LogP contribution in [0.3, 0.4) is 0 Å². The van der Waals surface area contributed by atoms with Crippen LogP contribution < -0.4 is 10.2 Å². The van der Waals surface area contributed by atoms with Crippen LogP contribution in [0.15, 0.2) is 42.5 Å². The monoisotopic (exact) mass is 376 g/mol. The molecule has 3 rings (SSSR count). The van der Waals surface area contributed by atoms with Crippen LogP contribution in [0.1, 0.15) is 17.5 Å². The average Bonchev–Trinajstić information content (AvgIpc) is 2.88. The Balaban J connectivity index is 1.71. The average molecular weight is 377 g/mol. The van der Waals surface area contributed by atoms with Crippen molar-refractivity contribution >= 4 is 29.1 Å². The molecule has 0 saturated carbocycles. The molecule has 1 fully saturated rings. The van der Waals surface area contributed by atoms with Crippen LogP contribution in [-0.2, 0) is 16.1 Å². The van der Waals surface area contributed by atoms with E-state index in [2.05, 4.69) is 5.32 Å². The van der Waals surface area contributed by atoms with Gasteiger partial charge in [0.05, 0.1) is 0 Å². The number of benzene rings is 2. The molecule has 1 aliphatic heterocycles. The van der Waals surface area contributed by atoms with Crippen molar-refractivity contribution in [1.29, 1.82) is 0 Å². The maximum absolute atomic E-state index is 13.4. The van der Waals surface area contributed by atoms with Crippen LogP contribution in [0, 0.1) is 12.7 Å². The Morgan fingerprint density at radius 1 is 1.35 bits per heavy atom. The van der Waals surface area contributed by atoms with Crippen LogP contribution in [0.4, 0.5) is 10.1 Å². The predicted octanol–water partition coefficient (Wildman–Crippen LogP) is 2.57. The molecule has 1 aliphatic rings. The lowest BCUT2D eigenvalue weighted by atomic mass is 10.0. The van der Waals surface area contributed by atoms with Crippen LogP contribution in [0.25, 0.3) is 0 Å². The van der Waals surface area contributed by atoms with Gasteiger partial charge in [-0.3, -0.25) is 9.59 Å². The fourth-order valence-corrected chi connectivity index (χ4v) is 3.24. The summed E-state index contributed by atoms with van der Waals surface area (Å²) in [4.78, 5) is 26.5. The highest BCUT2D eigenvalue weighted by Crippen LogP contribution is 2.29. The molecule has 136 valence electrons. The molecule has 7 heteroatoms. The second-order valence-corrected chi connectivity index (χ2v) is 6.80. The molecule has 0 spiro atoms. The highest BCUT2D eigenvalue weighted by atomic mass is 35.5. The summed E-state index contributed by atoms with van der Waals surface area (Å²) in [6.07, 6.45) is -0.0183. The quantitative estimate of drug-likeness (QED) is 0.806. The third-order valence-corrected chi connectivity index (χ3v) is 4.58. The molecule has 26 heavy (non-hydrogen) atoms. The number of amides is 2. The van der Waals surface area contributed by atoms with Crippen molar-refractivity contribution in [2.45, 2.75) is 25.5 Å². The summed E-state index contributed by atoms with van der Waals surface area (Å²) in [5, 5.41) is 13.3. The molecule has 0 radical (unpaired) electrons. The molecule has 1 heterocycles. The summed E-state index contributed by atoms with van der Waals surface area (Å²) in [5.74, 6) is -2.00. The minimum atomic E-state index is -2.14. The van der Waals surface area contributed by atoms with Gasteiger partial charge < -0.3 is 15.3 Å². The summed E-state index contributed by atoms with van der Waals surface area (Å²) in [5.41, 5.74) is -0.0947. The van der Waals surface area contributed by atoms with E-state index in [9.17, 15) is 19.1 Å². The zero-order valence-electron chi connectivity index (χ0n) is 14.1. The number of nitrogens with one attached hydrogen (secondary N) is 1. The highest BCUT2D eigenvalue weighted by Gasteiger charge is 2.51. The predicted molar refractivity (Wildman–Crippen MR) is 96.4 cm³/mol. The smallest absolute Gasteiger partial charge is 0.268 e. The summed E-state index contributed by atoms with van der Waals surface area (Å²) >= 11 is 5.78. The second-order valence-electron chi connectivity index (χ2n) is 6.37. The third kappa shape index (κ3) is 3.57. The van der Waals surface area contributed by atoms with E-state index in [-0.39, 0.29) is 24.5 Å². The zero-order chi connectivity index (χ0) is 18.9. The molecule has 2 aromatic carbocycles. The number of carbonyl (C=O) groups excluding carboxylic acids is 2. The number of hydrogen-bond acceptors (Lipinski definition) is 3. The van der Waals surface area contributed by atoms with E-state index in [0.717, 1.165) is 11.6 Å². The van der Waals surface area contributed by atoms with Gasteiger partial charge in [0.2, 0.25) is 5.60 Å². The number of nitrogens with zero attached hydrogens (tertiary/aromatic N) is 1. The van der Waals surface area contributed by atoms with E-state index >= 15 is 0 Å². The Morgan fingerprint density at radius 3 is 2.81 bits per heavy atom. The van der Waals surface area contributed by atoms with Gasteiger partial charge >= 0.3 is 0 Å². The van der Waals surface area contributed by atoms with Gasteiger partial charge in [-0.15, -0.1) is 0 Å². The van der Waals surface area contributed by atoms with Crippen LogP contribution >= 0.6 is 11.6 Å². The number of carbonyl (C=O) groups is 2. The number of rotatable bonds is 4. The minimum Gasteiger partial charge on any atom is -0.372 e. The highest BCUT2D eigenvalue weighted by molar-refractivity contribution is 6.30. The van der Waals surface area contributed by atoms with Crippen LogP contribution in [0.5, 0.6) is 0 Å². The first kappa shape index (κ1) is 18.4. The van der Waals surface area contributed by atoms with Crippen molar-refractivity contribution in [3.8, 4) is 0 Å². The van der Waals surface area contributed by atoms with E-state index in [4.69, 9.17) is 11.6 Å². The molecule has 2 N–H and O–H groups in total. The molecule has 0 aromatic heterocycles. The molecule has 1 saturated heterocycles. The molecule has 1 unspecified atom stereocenters. The normalized spacial score (nSPS) is 19.7. The summed E-state index contributed by atoms with van der Waals surface area (Å²) in [6.45, 7) is 2.08. The molecule has 0 aliphatic carbocycles. The van der Waals surface area contributed by atoms with Crippen molar-refractivity contribution in [1.82, 2.24) is 5.32 Å². The van der Waals surface area contributed by atoms with Gasteiger partial charge in [0, 0.05) is 30.2 Å². The lowest BCUT2D eigenvalue weighted by Crippen LogP contribution is -2.52. The minimum absolute atomic E-state index is 0.0183. The van der Waals surface area contributed by atoms with Gasteiger partial charge in [0.15, 0.2) is 0 Å². The van der Waals surface area contributed by atoms with Gasteiger partial charge in [0.25, 0.3) is 11.8 Å². The van der Waals surface area contributed by atoms with Gasteiger partial charge in [0.1, 0.15) is 5.82 Å². The van der Waals surface area contributed by atoms with Gasteiger partial charge in [-0.25, -0.2) is 4.39 Å². The van der Waals surface area contributed by atoms with Crippen molar-refractivity contribution in [2.24, 2.45) is 0 Å². The summed E-state index contributed by atoms with van der Waals surface area (Å²) in [6, 6.07) is 11.2. The Kier molecular flexibility index (Phi) is 4.98. The molecular formula is C19H18ClFN2O3. The first-order valence-corrected chi connectivity index (χ1v) is 8.52. The fourth-order valence-electron chi connectivity index (χ4n) is 3.00. The van der Waals surface area contributed by atoms with E-state index in [1.165, 1.54) is 17.0 Å². The summed E-state index contributed by atoms with van der Waals surface area (Å²) < 4.78 is 13.4. The van der Waals surface area contributed by atoms with Gasteiger partial charge in [-0.05, 0) is 48.4 Å². The lowest BCUT2D eigenvalue weighted by molar-refractivity contribution is -0.149. The van der Waals surface area contributed by atoms with Crippen molar-refractivity contribution < 1.29 is 19.1 Å². The van der Waals surface area contributed by atoms with Gasteiger partial charge in [-0.2, -0.15) is 0 Å². The maximum atomic E-state index is 13.4. The Hall–Kier alpha value is -2.44. The van der Waals surface area contributed by atoms with Crippen molar-refractivity contribution in [2.75, 3.05) is 11.4 Å². The molecule has 1 atom stereocenters. The number of hydrogen-bond donors (Lipinski definition) is 2. The maximum Gasteiger partial charge on any atom is 0.268 e. The topological polar surface area (TPSA) is 69.6 Å². The lowest BCUT2D eigenvalue weighted by Gasteiger charge is -2.22. The SMILES string of the molecule is Cc1cccc(N2CCC(O)(C(=O)NCc3cc(F)cc(Cl)c3)C2=O)c1. The summed E-state index contributed by atoms with van der Waals surface area (Å²) in [7, 11) is 0. The molecule has 5 nitrogen and oxygen atoms in total. The third-order valence-electron chi connectivity index (χ3n) is 4.36. The van der Waals surface area contributed by atoms with Gasteiger partial charge in [-0.1, -0.05) is 23.7 Å². The van der Waals surface area contributed by atoms with Crippen molar-refractivity contribution in [3.63, 3.8) is 0 Å². The van der Waals surface area contributed by atoms with E-state index in [0.29, 0.717) is 11.3 Å². The van der Waals surface area contributed by atoms with Crippen molar-refractivity contribution in [3.05, 3.63) is 64.4 Å². The molecule has 0 bridgehead atoms. The van der Waals surface area contributed by atoms with E-state index in [1.54, 1.807) is 6.07 Å². The fraction of sp³-hybridized carbons (Fsp3) is 0.263. The van der Waals surface area contributed by atoms with Crippen LogP contribution in [-0.4, -0.2) is 29.1 Å². The first-order valence-electron chi connectivity index (χ1n) is 8.14. The molecular weight excluding hydrogens is 359 g/mol. The Bertz CT molecular complexity index is 853. The largest absolute Gasteiger partial charge is 0.372 e. The zero-order valence-corrected chi connectivity index (χ0v) is 14.9. The number of anilines is 1. The number of halogens is 2. The second kappa shape index (κ2) is 7.05. The standard InChI is InChI=1S/C19H18ClFN2O3/c1-12-3-2-4-16(7-12)23-6-5-19(26,18(23)25)17(24)22-11-13-8-14(20)10-15(21)9-13/h2-4,7-10,26H,5-6,11H2,1H3,(H,22,24). The first-order chi connectivity index (χ1) is 12.3. The number of aliphatic hydroxyl groups is 1. The molecule has 2 aromatic rings.